The Hall–Kier alpha value is -3.55. The average Bonchev–Trinajstić information content (AvgIpc) is 3.17. The number of pyridine rings is 1. The average molecular weight is 539 g/mol. The lowest BCUT2D eigenvalue weighted by Gasteiger charge is -2.25. The number of benzene rings is 2. The summed E-state index contributed by atoms with van der Waals surface area (Å²) in [6.45, 7) is 4.79. The number of ether oxygens (including phenoxy) is 2. The summed E-state index contributed by atoms with van der Waals surface area (Å²) < 4.78 is 17.5. The first-order chi connectivity index (χ1) is 17.8. The van der Waals surface area contributed by atoms with E-state index in [1.807, 2.05) is 6.07 Å². The minimum atomic E-state index is -0.825. The zero-order valence-electron chi connectivity index (χ0n) is 20.5. The number of hydrogen-bond acceptors (Lipinski definition) is 6. The fraction of sp³-hybridized carbons (Fsp3) is 0.250. The molecule has 9 heteroatoms. The Morgan fingerprint density at radius 3 is 2.51 bits per heavy atom. The highest BCUT2D eigenvalue weighted by molar-refractivity contribution is 6.31. The monoisotopic (exact) mass is 538 g/mol. The Labute approximate surface area is 223 Å². The molecule has 0 radical (unpaired) electrons. The van der Waals surface area contributed by atoms with Crippen molar-refractivity contribution in [3.63, 3.8) is 0 Å². The van der Waals surface area contributed by atoms with Crippen LogP contribution in [0, 0.1) is 5.92 Å². The molecule has 0 spiro atoms. The Kier molecular flexibility index (Phi) is 6.84. The van der Waals surface area contributed by atoms with Crippen LogP contribution in [-0.4, -0.2) is 24.6 Å². The van der Waals surface area contributed by atoms with Crippen LogP contribution in [0.25, 0.3) is 11.0 Å². The molecule has 2 aromatic heterocycles. The molecule has 1 atom stereocenters. The van der Waals surface area contributed by atoms with Crippen LogP contribution in [0.4, 0.5) is 5.82 Å². The number of aromatic nitrogens is 1. The number of carbonyl (C=O) groups excluding carboxylic acids is 1. The summed E-state index contributed by atoms with van der Waals surface area (Å²) >= 11 is 12.2. The van der Waals surface area contributed by atoms with Gasteiger partial charge in [0, 0.05) is 11.2 Å². The van der Waals surface area contributed by atoms with Gasteiger partial charge in [0.25, 0.3) is 5.91 Å². The number of amides is 1. The van der Waals surface area contributed by atoms with Crippen molar-refractivity contribution in [2.75, 3.05) is 18.6 Å². The standard InChI is InChI=1S/C28H24Cl2N2O5/c1-15(2)10-11-36-21-7-4-16(12-22(21)35-3)25-24-26(33)19-13-17(29)5-8-20(19)37-27(24)28(34)32(25)23-9-6-18(30)14-31-23/h4-9,12-15,25H,10-11H2,1-3H3. The van der Waals surface area contributed by atoms with Gasteiger partial charge in [-0.05, 0) is 60.4 Å². The summed E-state index contributed by atoms with van der Waals surface area (Å²) in [5, 5.41) is 1.10. The molecular formula is C28H24Cl2N2O5. The highest BCUT2D eigenvalue weighted by atomic mass is 35.5. The molecule has 0 fully saturated rings. The maximum atomic E-state index is 13.8. The van der Waals surface area contributed by atoms with Crippen molar-refractivity contribution in [3.8, 4) is 11.5 Å². The van der Waals surface area contributed by atoms with Crippen LogP contribution in [0.15, 0.2) is 63.9 Å². The molecule has 1 amide bonds. The van der Waals surface area contributed by atoms with Gasteiger partial charge in [0.2, 0.25) is 5.76 Å². The molecule has 0 bridgehead atoms. The van der Waals surface area contributed by atoms with E-state index in [4.69, 9.17) is 37.1 Å². The first-order valence-corrected chi connectivity index (χ1v) is 12.6. The van der Waals surface area contributed by atoms with Gasteiger partial charge >= 0.3 is 0 Å². The zero-order chi connectivity index (χ0) is 26.3. The summed E-state index contributed by atoms with van der Waals surface area (Å²) in [6, 6.07) is 12.5. The van der Waals surface area contributed by atoms with Crippen molar-refractivity contribution in [2.24, 2.45) is 5.92 Å². The molecule has 3 heterocycles. The number of hydrogen-bond donors (Lipinski definition) is 0. The van der Waals surface area contributed by atoms with Crippen molar-refractivity contribution in [3.05, 3.63) is 91.9 Å². The van der Waals surface area contributed by atoms with Crippen LogP contribution in [-0.2, 0) is 0 Å². The van der Waals surface area contributed by atoms with Crippen molar-refractivity contribution in [1.29, 1.82) is 0 Å². The fourth-order valence-electron chi connectivity index (χ4n) is 4.39. The quantitative estimate of drug-likeness (QED) is 0.261. The summed E-state index contributed by atoms with van der Waals surface area (Å²) in [5.41, 5.74) is 0.764. The van der Waals surface area contributed by atoms with E-state index >= 15 is 0 Å². The molecule has 1 aliphatic heterocycles. The highest BCUT2D eigenvalue weighted by Crippen LogP contribution is 2.43. The lowest BCUT2D eigenvalue weighted by molar-refractivity contribution is 0.0970. The van der Waals surface area contributed by atoms with Gasteiger partial charge in [0.05, 0.1) is 35.7 Å². The van der Waals surface area contributed by atoms with Crippen LogP contribution < -0.4 is 19.8 Å². The predicted octanol–water partition coefficient (Wildman–Crippen LogP) is 6.68. The van der Waals surface area contributed by atoms with E-state index in [2.05, 4.69) is 18.8 Å². The smallest absolute Gasteiger partial charge is 0.296 e. The molecule has 0 saturated carbocycles. The number of halogens is 2. The van der Waals surface area contributed by atoms with Gasteiger partial charge in [0.1, 0.15) is 11.4 Å². The van der Waals surface area contributed by atoms with E-state index in [-0.39, 0.29) is 27.7 Å². The lowest BCUT2D eigenvalue weighted by Crippen LogP contribution is -2.30. The second-order valence-corrected chi connectivity index (χ2v) is 10.0. The second-order valence-electron chi connectivity index (χ2n) is 9.17. The van der Waals surface area contributed by atoms with Gasteiger partial charge in [-0.2, -0.15) is 0 Å². The van der Waals surface area contributed by atoms with E-state index in [9.17, 15) is 9.59 Å². The van der Waals surface area contributed by atoms with Gasteiger partial charge in [-0.25, -0.2) is 4.98 Å². The molecule has 2 aromatic carbocycles. The largest absolute Gasteiger partial charge is 0.493 e. The van der Waals surface area contributed by atoms with Gasteiger partial charge < -0.3 is 13.9 Å². The van der Waals surface area contributed by atoms with Crippen LogP contribution in [0.2, 0.25) is 10.0 Å². The fourth-order valence-corrected chi connectivity index (χ4v) is 4.67. The first-order valence-electron chi connectivity index (χ1n) is 11.8. The Morgan fingerprint density at radius 2 is 1.81 bits per heavy atom. The van der Waals surface area contributed by atoms with Crippen molar-refractivity contribution < 1.29 is 18.7 Å². The van der Waals surface area contributed by atoms with Gasteiger partial charge in [-0.1, -0.05) is 43.1 Å². The number of rotatable bonds is 7. The van der Waals surface area contributed by atoms with Crippen LogP contribution >= 0.6 is 23.2 Å². The number of anilines is 1. The maximum absolute atomic E-state index is 13.8. The Bertz CT molecular complexity index is 1550. The van der Waals surface area contributed by atoms with Crippen molar-refractivity contribution >= 4 is 45.9 Å². The van der Waals surface area contributed by atoms with Crippen LogP contribution in [0.5, 0.6) is 11.5 Å². The van der Waals surface area contributed by atoms with E-state index in [1.165, 1.54) is 11.1 Å². The molecule has 4 aromatic rings. The van der Waals surface area contributed by atoms with Crippen molar-refractivity contribution in [2.45, 2.75) is 26.3 Å². The summed E-state index contributed by atoms with van der Waals surface area (Å²) in [4.78, 5) is 33.2. The summed E-state index contributed by atoms with van der Waals surface area (Å²) in [7, 11) is 1.55. The van der Waals surface area contributed by atoms with Crippen molar-refractivity contribution in [1.82, 2.24) is 4.98 Å². The topological polar surface area (TPSA) is 81.9 Å². The van der Waals surface area contributed by atoms with Gasteiger partial charge in [-0.3, -0.25) is 14.5 Å². The van der Waals surface area contributed by atoms with Gasteiger partial charge in [0.15, 0.2) is 16.9 Å². The Morgan fingerprint density at radius 1 is 1.03 bits per heavy atom. The number of methoxy groups -OCH3 is 1. The SMILES string of the molecule is COc1cc(C2c3c(oc4ccc(Cl)cc4c3=O)C(=O)N2c2ccc(Cl)cn2)ccc1OCCC(C)C. The molecule has 37 heavy (non-hydrogen) atoms. The first kappa shape index (κ1) is 25.1. The molecule has 5 rings (SSSR count). The molecule has 0 aliphatic carbocycles. The van der Waals surface area contributed by atoms with Crippen LogP contribution in [0.3, 0.4) is 0 Å². The van der Waals surface area contributed by atoms with E-state index in [0.717, 1.165) is 6.42 Å². The molecule has 190 valence electrons. The van der Waals surface area contributed by atoms with Crippen LogP contribution in [0.1, 0.15) is 48.0 Å². The number of carbonyl (C=O) groups is 1. The Balaban J connectivity index is 1.68. The van der Waals surface area contributed by atoms with Gasteiger partial charge in [-0.15, -0.1) is 0 Å². The lowest BCUT2D eigenvalue weighted by atomic mass is 9.98. The minimum absolute atomic E-state index is 0.0437. The molecule has 1 aliphatic rings. The molecule has 0 N–H and O–H groups in total. The second kappa shape index (κ2) is 10.1. The maximum Gasteiger partial charge on any atom is 0.296 e. The van der Waals surface area contributed by atoms with E-state index < -0.39 is 11.9 Å². The molecule has 1 unspecified atom stereocenters. The third-order valence-corrected chi connectivity index (χ3v) is 6.71. The zero-order valence-corrected chi connectivity index (χ0v) is 22.0. The molecule has 0 saturated heterocycles. The third-order valence-electron chi connectivity index (χ3n) is 6.25. The van der Waals surface area contributed by atoms with E-state index in [1.54, 1.807) is 49.6 Å². The predicted molar refractivity (Wildman–Crippen MR) is 143 cm³/mol. The highest BCUT2D eigenvalue weighted by Gasteiger charge is 2.44. The molecule has 7 nitrogen and oxygen atoms in total. The summed E-state index contributed by atoms with van der Waals surface area (Å²) in [6.07, 6.45) is 2.34. The number of fused-ring (bicyclic) bond motifs is 2. The normalized spacial score (nSPS) is 14.9. The summed E-state index contributed by atoms with van der Waals surface area (Å²) in [5.74, 6) is 1.35. The minimum Gasteiger partial charge on any atom is -0.493 e. The third kappa shape index (κ3) is 4.65. The number of nitrogens with zero attached hydrogens (tertiary/aromatic N) is 2. The van der Waals surface area contributed by atoms with E-state index in [0.29, 0.717) is 45.5 Å². The molecular weight excluding hydrogens is 515 g/mol.